The second-order valence-corrected chi connectivity index (χ2v) is 4.78. The highest BCUT2D eigenvalue weighted by Gasteiger charge is 2.06. The summed E-state index contributed by atoms with van der Waals surface area (Å²) in [6.45, 7) is 0.775. The number of nitrogens with one attached hydrogen (secondary N) is 2. The summed E-state index contributed by atoms with van der Waals surface area (Å²) in [5.74, 6) is 0. The maximum Gasteiger partial charge on any atom is 0.0700 e. The van der Waals surface area contributed by atoms with Crippen molar-refractivity contribution >= 4 is 17.0 Å². The lowest BCUT2D eigenvalue weighted by molar-refractivity contribution is 1.10. The molecule has 0 bridgehead atoms. The van der Waals surface area contributed by atoms with Crippen molar-refractivity contribution in [3.8, 4) is 11.3 Å². The minimum absolute atomic E-state index is 0.775. The Morgan fingerprint density at radius 3 is 2.83 bits per heavy atom. The Kier molecular flexibility index (Phi) is 3.10. The molecule has 0 fully saturated rings. The molecule has 3 nitrogen and oxygen atoms in total. The van der Waals surface area contributed by atoms with Crippen LogP contribution in [0.15, 0.2) is 53.4 Å². The van der Waals surface area contributed by atoms with Crippen LogP contribution >= 0.6 is 11.3 Å². The Bertz CT molecular complexity index is 599. The Balaban J connectivity index is 1.80. The Morgan fingerprint density at radius 1 is 1.17 bits per heavy atom. The molecule has 2 heterocycles. The van der Waals surface area contributed by atoms with Crippen molar-refractivity contribution < 1.29 is 0 Å². The van der Waals surface area contributed by atoms with Gasteiger partial charge in [-0.3, -0.25) is 5.10 Å². The largest absolute Gasteiger partial charge is 0.380 e. The van der Waals surface area contributed by atoms with E-state index >= 15 is 0 Å². The minimum Gasteiger partial charge on any atom is -0.380 e. The van der Waals surface area contributed by atoms with E-state index < -0.39 is 0 Å². The van der Waals surface area contributed by atoms with Crippen LogP contribution in [0.2, 0.25) is 0 Å². The van der Waals surface area contributed by atoms with Gasteiger partial charge in [-0.25, -0.2) is 0 Å². The molecule has 3 rings (SSSR count). The molecule has 2 N–H and O–H groups in total. The lowest BCUT2D eigenvalue weighted by Crippen LogP contribution is -1.98. The van der Waals surface area contributed by atoms with E-state index in [0.29, 0.717) is 0 Å². The highest BCUT2D eigenvalue weighted by Crippen LogP contribution is 2.22. The molecule has 2 aromatic heterocycles. The molecule has 0 amide bonds. The van der Waals surface area contributed by atoms with Crippen molar-refractivity contribution in [3.63, 3.8) is 0 Å². The van der Waals surface area contributed by atoms with Crippen LogP contribution in [-0.4, -0.2) is 10.2 Å². The molecule has 0 saturated heterocycles. The smallest absolute Gasteiger partial charge is 0.0700 e. The zero-order valence-electron chi connectivity index (χ0n) is 9.76. The van der Waals surface area contributed by atoms with E-state index in [0.717, 1.165) is 23.5 Å². The van der Waals surface area contributed by atoms with Crippen molar-refractivity contribution in [2.75, 3.05) is 5.32 Å². The number of hydrogen-bond donors (Lipinski definition) is 2. The Morgan fingerprint density at radius 2 is 2.06 bits per heavy atom. The molecule has 3 aromatic rings. The van der Waals surface area contributed by atoms with E-state index in [1.54, 1.807) is 11.3 Å². The molecule has 1 aromatic carbocycles. The van der Waals surface area contributed by atoms with Crippen molar-refractivity contribution in [1.82, 2.24) is 10.2 Å². The van der Waals surface area contributed by atoms with Crippen LogP contribution in [0.4, 0.5) is 5.69 Å². The van der Waals surface area contributed by atoms with Crippen LogP contribution in [0.25, 0.3) is 11.3 Å². The van der Waals surface area contributed by atoms with Gasteiger partial charge in [-0.05, 0) is 17.0 Å². The molecule has 18 heavy (non-hydrogen) atoms. The second-order valence-electron chi connectivity index (χ2n) is 4.00. The zero-order valence-corrected chi connectivity index (χ0v) is 10.6. The fourth-order valence-corrected chi connectivity index (χ4v) is 2.47. The van der Waals surface area contributed by atoms with Crippen LogP contribution in [-0.2, 0) is 6.54 Å². The van der Waals surface area contributed by atoms with E-state index in [4.69, 9.17) is 0 Å². The van der Waals surface area contributed by atoms with Crippen LogP contribution in [0.5, 0.6) is 0 Å². The lowest BCUT2D eigenvalue weighted by Gasteiger charge is -2.05. The first-order valence-electron chi connectivity index (χ1n) is 5.77. The number of aromatic nitrogens is 2. The van der Waals surface area contributed by atoms with E-state index in [2.05, 4.69) is 44.5 Å². The number of anilines is 1. The summed E-state index contributed by atoms with van der Waals surface area (Å²) >= 11 is 1.69. The van der Waals surface area contributed by atoms with Gasteiger partial charge in [0.2, 0.25) is 0 Å². The first-order valence-corrected chi connectivity index (χ1v) is 6.71. The van der Waals surface area contributed by atoms with Crippen LogP contribution < -0.4 is 5.32 Å². The van der Waals surface area contributed by atoms with E-state index in [-0.39, 0.29) is 0 Å². The van der Waals surface area contributed by atoms with Gasteiger partial charge in [0.15, 0.2) is 0 Å². The number of H-pyrrole nitrogens is 1. The quantitative estimate of drug-likeness (QED) is 0.745. The fourth-order valence-electron chi connectivity index (χ4n) is 1.86. The Labute approximate surface area is 109 Å². The van der Waals surface area contributed by atoms with Crippen molar-refractivity contribution in [2.24, 2.45) is 0 Å². The fraction of sp³-hybridized carbons (Fsp3) is 0.0714. The van der Waals surface area contributed by atoms with Crippen LogP contribution in [0.3, 0.4) is 0 Å². The maximum atomic E-state index is 4.14. The first kappa shape index (κ1) is 11.0. The summed E-state index contributed by atoms with van der Waals surface area (Å²) in [4.78, 5) is 0. The number of thiophene rings is 1. The molecule has 0 aliphatic heterocycles. The van der Waals surface area contributed by atoms with E-state index in [1.807, 2.05) is 24.4 Å². The molecule has 0 unspecified atom stereocenters. The third-order valence-electron chi connectivity index (χ3n) is 2.78. The molecule has 0 aliphatic rings. The summed E-state index contributed by atoms with van der Waals surface area (Å²) in [6.07, 6.45) is 1.88. The molecule has 0 atom stereocenters. The molecule has 0 radical (unpaired) electrons. The molecule has 0 saturated carbocycles. The topological polar surface area (TPSA) is 40.7 Å². The zero-order chi connectivity index (χ0) is 12.2. The van der Waals surface area contributed by atoms with Gasteiger partial charge in [-0.1, -0.05) is 30.3 Å². The number of rotatable bonds is 4. The van der Waals surface area contributed by atoms with Gasteiger partial charge in [0.25, 0.3) is 0 Å². The third-order valence-corrected chi connectivity index (χ3v) is 3.47. The van der Waals surface area contributed by atoms with Gasteiger partial charge < -0.3 is 5.32 Å². The number of aromatic amines is 1. The molecule has 0 aliphatic carbocycles. The standard InChI is InChI=1S/C14H13N3S/c1-2-4-11(5-3-1)14-12(9-16-17-14)8-15-13-6-7-18-10-13/h1-7,9-10,15H,8H2,(H,16,17). The number of benzene rings is 1. The summed E-state index contributed by atoms with van der Waals surface area (Å²) in [5, 5.41) is 14.8. The average Bonchev–Trinajstić information content (AvgIpc) is 3.09. The average molecular weight is 255 g/mol. The molecular formula is C14H13N3S. The molecule has 4 heteroatoms. The van der Waals surface area contributed by atoms with Gasteiger partial charge in [0, 0.05) is 23.2 Å². The van der Waals surface area contributed by atoms with Crippen molar-refractivity contribution in [3.05, 3.63) is 58.9 Å². The van der Waals surface area contributed by atoms with E-state index in [1.165, 1.54) is 5.56 Å². The monoisotopic (exact) mass is 255 g/mol. The minimum atomic E-state index is 0.775. The van der Waals surface area contributed by atoms with Crippen LogP contribution in [0, 0.1) is 0 Å². The van der Waals surface area contributed by atoms with Crippen molar-refractivity contribution in [2.45, 2.75) is 6.54 Å². The predicted octanol–water partition coefficient (Wildman–Crippen LogP) is 3.75. The SMILES string of the molecule is c1ccc(-c2[nH]ncc2CNc2ccsc2)cc1. The van der Waals surface area contributed by atoms with Gasteiger partial charge in [0.05, 0.1) is 11.9 Å². The highest BCUT2D eigenvalue weighted by atomic mass is 32.1. The molecule has 90 valence electrons. The van der Waals surface area contributed by atoms with Crippen LogP contribution in [0.1, 0.15) is 5.56 Å². The van der Waals surface area contributed by atoms with E-state index in [9.17, 15) is 0 Å². The molecule has 0 spiro atoms. The predicted molar refractivity (Wildman–Crippen MR) is 75.7 cm³/mol. The normalized spacial score (nSPS) is 10.4. The highest BCUT2D eigenvalue weighted by molar-refractivity contribution is 7.08. The van der Waals surface area contributed by atoms with Crippen molar-refractivity contribution in [1.29, 1.82) is 0 Å². The summed E-state index contributed by atoms with van der Waals surface area (Å²) in [6, 6.07) is 12.3. The summed E-state index contributed by atoms with van der Waals surface area (Å²) in [7, 11) is 0. The first-order chi connectivity index (χ1) is 8.93. The van der Waals surface area contributed by atoms with Gasteiger partial charge in [-0.15, -0.1) is 0 Å². The third kappa shape index (κ3) is 2.28. The molecular weight excluding hydrogens is 242 g/mol. The summed E-state index contributed by atoms with van der Waals surface area (Å²) < 4.78 is 0. The Hall–Kier alpha value is -2.07. The second kappa shape index (κ2) is 5.06. The van der Waals surface area contributed by atoms with Gasteiger partial charge in [-0.2, -0.15) is 16.4 Å². The maximum absolute atomic E-state index is 4.14. The lowest BCUT2D eigenvalue weighted by atomic mass is 10.1. The summed E-state index contributed by atoms with van der Waals surface area (Å²) in [5.41, 5.74) is 4.57. The van der Waals surface area contributed by atoms with Gasteiger partial charge in [0.1, 0.15) is 0 Å². The van der Waals surface area contributed by atoms with Gasteiger partial charge >= 0.3 is 0 Å². The number of nitrogens with zero attached hydrogens (tertiary/aromatic N) is 1. The number of hydrogen-bond acceptors (Lipinski definition) is 3.